The first-order valence-electron chi connectivity index (χ1n) is 9.19. The molecule has 2 aromatic rings. The number of benzene rings is 2. The van der Waals surface area contributed by atoms with Gasteiger partial charge < -0.3 is 4.74 Å². The largest absolute Gasteiger partial charge is 0.376 e. The smallest absolute Gasteiger partial charge is 0.243 e. The lowest BCUT2D eigenvalue weighted by Gasteiger charge is -2.31. The van der Waals surface area contributed by atoms with Crippen molar-refractivity contribution in [2.24, 2.45) is 5.92 Å². The zero-order valence-corrected chi connectivity index (χ0v) is 16.3. The van der Waals surface area contributed by atoms with Crippen LogP contribution in [0.5, 0.6) is 0 Å². The molecule has 0 bridgehead atoms. The van der Waals surface area contributed by atoms with Crippen LogP contribution in [-0.2, 0) is 21.4 Å². The summed E-state index contributed by atoms with van der Waals surface area (Å²) in [5.41, 5.74) is 1.63. The van der Waals surface area contributed by atoms with E-state index in [1.54, 1.807) is 12.1 Å². The highest BCUT2D eigenvalue weighted by atomic mass is 32.2. The summed E-state index contributed by atoms with van der Waals surface area (Å²) in [5.74, 6) is 0.112. The maximum atomic E-state index is 12.9. The number of rotatable bonds is 7. The lowest BCUT2D eigenvalue weighted by atomic mass is 10.0. The van der Waals surface area contributed by atoms with Gasteiger partial charge in [-0.25, -0.2) is 8.42 Å². The van der Waals surface area contributed by atoms with E-state index in [4.69, 9.17) is 4.74 Å². The fourth-order valence-electron chi connectivity index (χ4n) is 3.31. The molecule has 0 radical (unpaired) electrons. The molecule has 0 aliphatic carbocycles. The number of hydrogen-bond acceptors (Lipinski definition) is 4. The average Bonchev–Trinajstić information content (AvgIpc) is 2.69. The van der Waals surface area contributed by atoms with Crippen LogP contribution in [0.25, 0.3) is 0 Å². The van der Waals surface area contributed by atoms with Gasteiger partial charge in [-0.1, -0.05) is 42.5 Å². The normalized spacial score (nSPS) is 18.3. The number of ketones is 1. The van der Waals surface area contributed by atoms with Gasteiger partial charge in [0.15, 0.2) is 5.78 Å². The topological polar surface area (TPSA) is 63.7 Å². The first-order valence-corrected chi connectivity index (χ1v) is 10.6. The number of carbonyl (C=O) groups excluding carboxylic acids is 1. The highest BCUT2D eigenvalue weighted by Gasteiger charge is 2.30. The number of piperidine rings is 1. The highest BCUT2D eigenvalue weighted by Crippen LogP contribution is 2.24. The van der Waals surface area contributed by atoms with Crippen LogP contribution in [0.3, 0.4) is 0 Å². The minimum absolute atomic E-state index is 0.0763. The minimum atomic E-state index is -3.55. The molecule has 0 amide bonds. The summed E-state index contributed by atoms with van der Waals surface area (Å²) in [5, 5.41) is 0. The van der Waals surface area contributed by atoms with E-state index < -0.39 is 10.0 Å². The molecule has 1 saturated heterocycles. The lowest BCUT2D eigenvalue weighted by molar-refractivity contribution is 0.0672. The summed E-state index contributed by atoms with van der Waals surface area (Å²) in [6.45, 7) is 3.53. The quantitative estimate of drug-likeness (QED) is 0.682. The van der Waals surface area contributed by atoms with Gasteiger partial charge in [-0.05, 0) is 43.4 Å². The summed E-state index contributed by atoms with van der Waals surface area (Å²) in [6, 6.07) is 16.1. The molecule has 1 unspecified atom stereocenters. The molecule has 6 heteroatoms. The summed E-state index contributed by atoms with van der Waals surface area (Å²) >= 11 is 0. The first-order chi connectivity index (χ1) is 13.0. The van der Waals surface area contributed by atoms with E-state index in [0.717, 1.165) is 18.4 Å². The highest BCUT2D eigenvalue weighted by molar-refractivity contribution is 7.89. The predicted octanol–water partition coefficient (Wildman–Crippen LogP) is 3.51. The SMILES string of the molecule is CC(=O)c1ccc(S(=O)(=O)N2CCCC(COCc3ccccc3)C2)cc1. The van der Waals surface area contributed by atoms with Gasteiger partial charge in [-0.15, -0.1) is 0 Å². The Balaban J connectivity index is 1.60. The molecule has 0 spiro atoms. The van der Waals surface area contributed by atoms with Crippen LogP contribution in [0.4, 0.5) is 0 Å². The summed E-state index contributed by atoms with van der Waals surface area (Å²) < 4.78 is 33.2. The molecule has 3 rings (SSSR count). The fourth-order valence-corrected chi connectivity index (χ4v) is 4.86. The van der Waals surface area contributed by atoms with Crippen LogP contribution in [0.1, 0.15) is 35.7 Å². The van der Waals surface area contributed by atoms with E-state index in [9.17, 15) is 13.2 Å². The van der Waals surface area contributed by atoms with Crippen LogP contribution in [0, 0.1) is 5.92 Å². The molecule has 1 aliphatic heterocycles. The molecule has 5 nitrogen and oxygen atoms in total. The molecule has 1 fully saturated rings. The molecular formula is C21H25NO4S. The molecule has 1 heterocycles. The van der Waals surface area contributed by atoms with Crippen LogP contribution >= 0.6 is 0 Å². The molecule has 144 valence electrons. The molecule has 2 aromatic carbocycles. The third kappa shape index (κ3) is 5.03. The maximum absolute atomic E-state index is 12.9. The number of carbonyl (C=O) groups is 1. The summed E-state index contributed by atoms with van der Waals surface area (Å²) in [7, 11) is -3.55. The zero-order valence-electron chi connectivity index (χ0n) is 15.5. The van der Waals surface area contributed by atoms with Crippen LogP contribution < -0.4 is 0 Å². The molecular weight excluding hydrogens is 362 g/mol. The maximum Gasteiger partial charge on any atom is 0.243 e. The van der Waals surface area contributed by atoms with Gasteiger partial charge >= 0.3 is 0 Å². The van der Waals surface area contributed by atoms with Crippen LogP contribution in [-0.4, -0.2) is 38.2 Å². The zero-order chi connectivity index (χ0) is 19.3. The molecule has 0 aromatic heterocycles. The van der Waals surface area contributed by atoms with E-state index in [1.165, 1.54) is 23.4 Å². The van der Waals surface area contributed by atoms with Crippen molar-refractivity contribution in [2.75, 3.05) is 19.7 Å². The standard InChI is InChI=1S/C21H25NO4S/c1-17(23)20-9-11-21(12-10-20)27(24,25)22-13-5-8-19(14-22)16-26-15-18-6-3-2-4-7-18/h2-4,6-7,9-12,19H,5,8,13-16H2,1H3. The van der Waals surface area contributed by atoms with Crippen LogP contribution in [0.2, 0.25) is 0 Å². The number of ether oxygens (including phenoxy) is 1. The van der Waals surface area contributed by atoms with E-state index in [0.29, 0.717) is 31.9 Å². The van der Waals surface area contributed by atoms with Gasteiger partial charge in [-0.3, -0.25) is 4.79 Å². The fraction of sp³-hybridized carbons (Fsp3) is 0.381. The van der Waals surface area contributed by atoms with E-state index in [2.05, 4.69) is 0 Å². The van der Waals surface area contributed by atoms with Crippen molar-refractivity contribution in [1.29, 1.82) is 0 Å². The summed E-state index contributed by atoms with van der Waals surface area (Å²) in [6.07, 6.45) is 1.79. The van der Waals surface area contributed by atoms with Crippen molar-refractivity contribution in [3.8, 4) is 0 Å². The molecule has 0 N–H and O–H groups in total. The first kappa shape index (κ1) is 19.7. The van der Waals surface area contributed by atoms with Crippen LogP contribution in [0.15, 0.2) is 59.5 Å². The second-order valence-corrected chi connectivity index (χ2v) is 8.89. The van der Waals surface area contributed by atoms with E-state index >= 15 is 0 Å². The second-order valence-electron chi connectivity index (χ2n) is 6.95. The van der Waals surface area contributed by atoms with Crippen molar-refractivity contribution in [3.05, 3.63) is 65.7 Å². The number of sulfonamides is 1. The lowest BCUT2D eigenvalue weighted by Crippen LogP contribution is -2.41. The van der Waals surface area contributed by atoms with Gasteiger partial charge in [-0.2, -0.15) is 4.31 Å². The average molecular weight is 388 g/mol. The Morgan fingerprint density at radius 2 is 1.81 bits per heavy atom. The van der Waals surface area contributed by atoms with Crippen molar-refractivity contribution >= 4 is 15.8 Å². The van der Waals surface area contributed by atoms with E-state index in [-0.39, 0.29) is 16.6 Å². The monoisotopic (exact) mass is 387 g/mol. The van der Waals surface area contributed by atoms with E-state index in [1.807, 2.05) is 30.3 Å². The Hall–Kier alpha value is -2.02. The Morgan fingerprint density at radius 1 is 1.11 bits per heavy atom. The van der Waals surface area contributed by atoms with Gasteiger partial charge in [0, 0.05) is 18.7 Å². The van der Waals surface area contributed by atoms with Crippen molar-refractivity contribution in [3.63, 3.8) is 0 Å². The molecule has 1 atom stereocenters. The Labute approximate surface area is 161 Å². The predicted molar refractivity (Wildman–Crippen MR) is 104 cm³/mol. The molecule has 0 saturated carbocycles. The summed E-state index contributed by atoms with van der Waals surface area (Å²) in [4.78, 5) is 11.6. The third-order valence-electron chi connectivity index (χ3n) is 4.85. The van der Waals surface area contributed by atoms with Crippen molar-refractivity contribution in [2.45, 2.75) is 31.3 Å². The van der Waals surface area contributed by atoms with Gasteiger partial charge in [0.1, 0.15) is 0 Å². The van der Waals surface area contributed by atoms with Crippen molar-refractivity contribution in [1.82, 2.24) is 4.31 Å². The third-order valence-corrected chi connectivity index (χ3v) is 6.72. The number of hydrogen-bond donors (Lipinski definition) is 0. The Morgan fingerprint density at radius 3 is 2.48 bits per heavy atom. The minimum Gasteiger partial charge on any atom is -0.376 e. The van der Waals surface area contributed by atoms with Gasteiger partial charge in [0.25, 0.3) is 0 Å². The molecule has 27 heavy (non-hydrogen) atoms. The molecule has 1 aliphatic rings. The second kappa shape index (κ2) is 8.78. The number of nitrogens with zero attached hydrogens (tertiary/aromatic N) is 1. The Kier molecular flexibility index (Phi) is 6.42. The number of Topliss-reactive ketones (excluding diaryl/α,β-unsaturated/α-hetero) is 1. The Bertz CT molecular complexity index is 863. The van der Waals surface area contributed by atoms with Gasteiger partial charge in [0.05, 0.1) is 18.1 Å². The van der Waals surface area contributed by atoms with Gasteiger partial charge in [0.2, 0.25) is 10.0 Å². The van der Waals surface area contributed by atoms with Crippen molar-refractivity contribution < 1.29 is 17.9 Å².